The fourth-order valence-electron chi connectivity index (χ4n) is 5.66. The molecule has 5 rings (SSSR count). The Morgan fingerprint density at radius 3 is 2.72 bits per heavy atom. The number of piperidine rings is 1. The summed E-state index contributed by atoms with van der Waals surface area (Å²) in [4.78, 5) is 47.1. The first-order valence-corrected chi connectivity index (χ1v) is 12.2. The molecular formula is C24H33N5O3. The van der Waals surface area contributed by atoms with Gasteiger partial charge in [-0.2, -0.15) is 0 Å². The molecule has 2 fully saturated rings. The number of H-pyrrole nitrogens is 1. The van der Waals surface area contributed by atoms with Gasteiger partial charge in [-0.15, -0.1) is 0 Å². The van der Waals surface area contributed by atoms with Gasteiger partial charge in [-0.3, -0.25) is 19.5 Å². The van der Waals surface area contributed by atoms with Gasteiger partial charge in [0.1, 0.15) is 0 Å². The van der Waals surface area contributed by atoms with Gasteiger partial charge in [0.15, 0.2) is 5.65 Å². The lowest BCUT2D eigenvalue weighted by Gasteiger charge is -2.34. The van der Waals surface area contributed by atoms with Crippen molar-refractivity contribution in [3.63, 3.8) is 0 Å². The fourth-order valence-corrected chi connectivity index (χ4v) is 5.66. The summed E-state index contributed by atoms with van der Waals surface area (Å²) in [5.74, 6) is 0.802. The van der Waals surface area contributed by atoms with E-state index >= 15 is 0 Å². The van der Waals surface area contributed by atoms with Gasteiger partial charge in [0.2, 0.25) is 11.8 Å². The van der Waals surface area contributed by atoms with Crippen LogP contribution >= 0.6 is 0 Å². The molecule has 172 valence electrons. The maximum Gasteiger partial charge on any atom is 0.277 e. The minimum atomic E-state index is -0.111. The van der Waals surface area contributed by atoms with E-state index in [0.717, 1.165) is 62.9 Å². The Bertz CT molecular complexity index is 1080. The molecule has 1 atom stereocenters. The SMILES string of the molecule is CCCC(=O)N1CCc2nc3cc(C4CCCN(C(=O)C5CCCC5)C4)[nH]n3c(=O)c2C1. The summed E-state index contributed by atoms with van der Waals surface area (Å²) in [6.07, 6.45) is 8.28. The lowest BCUT2D eigenvalue weighted by Crippen LogP contribution is -2.42. The topological polar surface area (TPSA) is 90.8 Å². The molecule has 1 N–H and O–H groups in total. The van der Waals surface area contributed by atoms with E-state index in [2.05, 4.69) is 5.10 Å². The third kappa shape index (κ3) is 3.84. The van der Waals surface area contributed by atoms with Gasteiger partial charge in [-0.05, 0) is 32.1 Å². The fraction of sp³-hybridized carbons (Fsp3) is 0.667. The maximum atomic E-state index is 13.2. The molecule has 3 aliphatic rings. The second-order valence-electron chi connectivity index (χ2n) is 9.67. The van der Waals surface area contributed by atoms with Crippen LogP contribution < -0.4 is 5.56 Å². The predicted octanol–water partition coefficient (Wildman–Crippen LogP) is 2.60. The van der Waals surface area contributed by atoms with E-state index in [1.54, 1.807) is 4.90 Å². The Balaban J connectivity index is 1.38. The first kappa shape index (κ1) is 21.2. The zero-order valence-corrected chi connectivity index (χ0v) is 18.9. The number of rotatable bonds is 4. The van der Waals surface area contributed by atoms with Crippen LogP contribution in [0, 0.1) is 5.92 Å². The van der Waals surface area contributed by atoms with Crippen molar-refractivity contribution < 1.29 is 9.59 Å². The number of hydrogen-bond acceptors (Lipinski definition) is 4. The number of hydrogen-bond donors (Lipinski definition) is 1. The number of amides is 2. The zero-order chi connectivity index (χ0) is 22.2. The Hall–Kier alpha value is -2.64. The summed E-state index contributed by atoms with van der Waals surface area (Å²) in [6, 6.07) is 1.98. The van der Waals surface area contributed by atoms with Crippen molar-refractivity contribution in [2.45, 2.75) is 77.2 Å². The predicted molar refractivity (Wildman–Crippen MR) is 120 cm³/mol. The van der Waals surface area contributed by atoms with Crippen LogP contribution in [0.4, 0.5) is 0 Å². The third-order valence-electron chi connectivity index (χ3n) is 7.48. The number of carbonyl (C=O) groups excluding carboxylic acids is 2. The number of carbonyl (C=O) groups is 2. The van der Waals surface area contributed by atoms with Crippen LogP contribution in [0.25, 0.3) is 5.65 Å². The van der Waals surface area contributed by atoms with E-state index < -0.39 is 0 Å². The monoisotopic (exact) mass is 439 g/mol. The number of likely N-dealkylation sites (tertiary alicyclic amines) is 1. The van der Waals surface area contributed by atoms with Crippen LogP contribution in [0.1, 0.15) is 81.2 Å². The molecule has 8 nitrogen and oxygen atoms in total. The largest absolute Gasteiger partial charge is 0.342 e. The number of aromatic nitrogens is 3. The minimum Gasteiger partial charge on any atom is -0.342 e. The highest BCUT2D eigenvalue weighted by molar-refractivity contribution is 5.79. The first-order valence-electron chi connectivity index (χ1n) is 12.2. The summed E-state index contributed by atoms with van der Waals surface area (Å²) < 4.78 is 1.53. The average molecular weight is 440 g/mol. The third-order valence-corrected chi connectivity index (χ3v) is 7.48. The van der Waals surface area contributed by atoms with Gasteiger partial charge in [0, 0.05) is 56.1 Å². The van der Waals surface area contributed by atoms with Gasteiger partial charge in [0.05, 0.1) is 17.8 Å². The van der Waals surface area contributed by atoms with Crippen LogP contribution in [-0.4, -0.2) is 55.8 Å². The normalized spacial score (nSPS) is 21.8. The molecule has 8 heteroatoms. The molecule has 2 aliphatic heterocycles. The molecule has 0 radical (unpaired) electrons. The minimum absolute atomic E-state index is 0.101. The summed E-state index contributed by atoms with van der Waals surface area (Å²) in [7, 11) is 0. The van der Waals surface area contributed by atoms with Gasteiger partial charge in [-0.25, -0.2) is 9.50 Å². The van der Waals surface area contributed by atoms with Gasteiger partial charge >= 0.3 is 0 Å². The molecule has 1 unspecified atom stereocenters. The Kier molecular flexibility index (Phi) is 5.78. The van der Waals surface area contributed by atoms with E-state index in [9.17, 15) is 14.4 Å². The van der Waals surface area contributed by atoms with E-state index in [4.69, 9.17) is 4.98 Å². The van der Waals surface area contributed by atoms with Gasteiger partial charge in [0.25, 0.3) is 5.56 Å². The van der Waals surface area contributed by atoms with Crippen LogP contribution in [0.5, 0.6) is 0 Å². The lowest BCUT2D eigenvalue weighted by molar-refractivity contribution is -0.136. The van der Waals surface area contributed by atoms with Gasteiger partial charge < -0.3 is 9.80 Å². The molecule has 2 aromatic rings. The molecule has 2 aromatic heterocycles. The van der Waals surface area contributed by atoms with Crippen LogP contribution in [-0.2, 0) is 22.6 Å². The van der Waals surface area contributed by atoms with Gasteiger partial charge in [-0.1, -0.05) is 19.8 Å². The number of aromatic amines is 1. The van der Waals surface area contributed by atoms with E-state index in [0.29, 0.717) is 49.6 Å². The Morgan fingerprint density at radius 2 is 1.94 bits per heavy atom. The van der Waals surface area contributed by atoms with E-state index in [-0.39, 0.29) is 23.3 Å². The molecule has 1 saturated heterocycles. The highest BCUT2D eigenvalue weighted by atomic mass is 16.2. The van der Waals surface area contributed by atoms with Crippen LogP contribution in [0.3, 0.4) is 0 Å². The summed E-state index contributed by atoms with van der Waals surface area (Å²) in [6.45, 7) is 4.48. The zero-order valence-electron chi connectivity index (χ0n) is 18.9. The molecule has 0 bridgehead atoms. The molecule has 1 saturated carbocycles. The summed E-state index contributed by atoms with van der Waals surface area (Å²) in [5.41, 5.74) is 2.92. The molecule has 2 amide bonds. The molecule has 0 aromatic carbocycles. The van der Waals surface area contributed by atoms with Crippen molar-refractivity contribution in [2.24, 2.45) is 5.92 Å². The van der Waals surface area contributed by atoms with Crippen molar-refractivity contribution in [1.29, 1.82) is 0 Å². The van der Waals surface area contributed by atoms with Crippen molar-refractivity contribution in [2.75, 3.05) is 19.6 Å². The number of nitrogens with zero attached hydrogens (tertiary/aromatic N) is 4. The van der Waals surface area contributed by atoms with Crippen molar-refractivity contribution in [3.8, 4) is 0 Å². The lowest BCUT2D eigenvalue weighted by atomic mass is 9.93. The maximum absolute atomic E-state index is 13.2. The quantitative estimate of drug-likeness (QED) is 0.793. The van der Waals surface area contributed by atoms with Crippen molar-refractivity contribution in [3.05, 3.63) is 33.4 Å². The van der Waals surface area contributed by atoms with Crippen LogP contribution in [0.15, 0.2) is 10.9 Å². The molecule has 0 spiro atoms. The molecular weight excluding hydrogens is 406 g/mol. The van der Waals surface area contributed by atoms with E-state index in [1.165, 1.54) is 4.52 Å². The smallest absolute Gasteiger partial charge is 0.277 e. The Labute approximate surface area is 188 Å². The average Bonchev–Trinajstić information content (AvgIpc) is 3.49. The highest BCUT2D eigenvalue weighted by Gasteiger charge is 2.32. The van der Waals surface area contributed by atoms with Crippen molar-refractivity contribution in [1.82, 2.24) is 24.4 Å². The molecule has 32 heavy (non-hydrogen) atoms. The van der Waals surface area contributed by atoms with Crippen molar-refractivity contribution >= 4 is 17.5 Å². The number of fused-ring (bicyclic) bond motifs is 2. The standard InChI is InChI=1S/C24H33N5O3/c1-2-6-22(30)27-12-10-19-18(15-27)24(32)29-21(25-19)13-20(26-29)17-9-5-11-28(14-17)23(31)16-7-3-4-8-16/h13,16-17,26H,2-12,14-15H2,1H3. The highest BCUT2D eigenvalue weighted by Crippen LogP contribution is 2.31. The Morgan fingerprint density at radius 1 is 1.12 bits per heavy atom. The second-order valence-corrected chi connectivity index (χ2v) is 9.67. The molecule has 1 aliphatic carbocycles. The second kappa shape index (κ2) is 8.71. The van der Waals surface area contributed by atoms with E-state index in [1.807, 2.05) is 17.9 Å². The van der Waals surface area contributed by atoms with Crippen LogP contribution in [0.2, 0.25) is 0 Å². The summed E-state index contributed by atoms with van der Waals surface area (Å²) >= 11 is 0. The number of nitrogens with one attached hydrogen (secondary N) is 1. The summed E-state index contributed by atoms with van der Waals surface area (Å²) in [5, 5.41) is 3.28. The molecule has 4 heterocycles. The first-order chi connectivity index (χ1) is 15.5.